The van der Waals surface area contributed by atoms with Gasteiger partial charge in [-0.25, -0.2) is 4.98 Å². The molecule has 0 aliphatic carbocycles. The molecule has 1 aromatic rings. The fraction of sp³-hybridized carbons (Fsp3) is 0.733. The smallest absolute Gasteiger partial charge is 0.271 e. The highest BCUT2D eigenvalue weighted by molar-refractivity contribution is 5.91. The summed E-state index contributed by atoms with van der Waals surface area (Å²) in [5.41, 5.74) is 5.92. The van der Waals surface area contributed by atoms with Crippen molar-refractivity contribution in [1.29, 1.82) is 0 Å². The van der Waals surface area contributed by atoms with Gasteiger partial charge in [-0.1, -0.05) is 39.5 Å². The normalized spacial score (nSPS) is 11.0. The summed E-state index contributed by atoms with van der Waals surface area (Å²) in [6.45, 7) is 6.47. The highest BCUT2D eigenvalue weighted by Crippen LogP contribution is 2.09. The van der Waals surface area contributed by atoms with Crippen LogP contribution in [0.1, 0.15) is 56.4 Å². The highest BCUT2D eigenvalue weighted by Gasteiger charge is 2.07. The predicted molar refractivity (Wildman–Crippen MR) is 81.5 cm³/mol. The van der Waals surface area contributed by atoms with Crippen LogP contribution in [0.15, 0.2) is 12.5 Å². The Hall–Kier alpha value is -1.36. The summed E-state index contributed by atoms with van der Waals surface area (Å²) in [5.74, 6) is 0.696. The molecular weight excluding hydrogens is 252 g/mol. The van der Waals surface area contributed by atoms with Crippen molar-refractivity contribution in [2.45, 2.75) is 52.5 Å². The van der Waals surface area contributed by atoms with Crippen LogP contribution >= 0.6 is 0 Å². The number of unbranched alkanes of at least 4 members (excludes halogenated alkanes) is 3. The molecule has 1 heterocycles. The zero-order valence-corrected chi connectivity index (χ0v) is 12.8. The zero-order valence-electron chi connectivity index (χ0n) is 12.8. The average molecular weight is 280 g/mol. The second kappa shape index (κ2) is 9.53. The first kappa shape index (κ1) is 16.7. The van der Waals surface area contributed by atoms with Crippen LogP contribution in [0, 0.1) is 5.92 Å². The first-order valence-electron chi connectivity index (χ1n) is 7.63. The third-order valence-corrected chi connectivity index (χ3v) is 3.25. The van der Waals surface area contributed by atoms with Gasteiger partial charge in [-0.05, 0) is 12.3 Å². The Morgan fingerprint density at radius 2 is 2.10 bits per heavy atom. The molecule has 0 saturated carbocycles. The molecule has 0 aliphatic heterocycles. The van der Waals surface area contributed by atoms with Gasteiger partial charge in [0.05, 0.1) is 6.33 Å². The van der Waals surface area contributed by atoms with E-state index in [1.807, 2.05) is 4.57 Å². The van der Waals surface area contributed by atoms with E-state index in [-0.39, 0.29) is 5.91 Å². The number of carbonyl (C=O) groups is 1. The second-order valence-corrected chi connectivity index (χ2v) is 5.64. The van der Waals surface area contributed by atoms with Crippen LogP contribution in [-0.2, 0) is 6.54 Å². The van der Waals surface area contributed by atoms with Crippen LogP contribution in [0.2, 0.25) is 0 Å². The largest absolute Gasteiger partial charge is 0.351 e. The van der Waals surface area contributed by atoms with Crippen molar-refractivity contribution in [2.75, 3.05) is 13.1 Å². The lowest BCUT2D eigenvalue weighted by atomic mass is 10.0. The minimum Gasteiger partial charge on any atom is -0.351 e. The van der Waals surface area contributed by atoms with E-state index in [0.29, 0.717) is 18.8 Å². The molecule has 3 N–H and O–H groups in total. The summed E-state index contributed by atoms with van der Waals surface area (Å²) >= 11 is 0. The molecule has 0 aromatic carbocycles. The Kier molecular flexibility index (Phi) is 7.95. The maximum Gasteiger partial charge on any atom is 0.271 e. The molecule has 5 nitrogen and oxygen atoms in total. The van der Waals surface area contributed by atoms with Gasteiger partial charge >= 0.3 is 0 Å². The lowest BCUT2D eigenvalue weighted by Gasteiger charge is -2.05. The number of carbonyl (C=O) groups excluding carboxylic acids is 1. The van der Waals surface area contributed by atoms with E-state index >= 15 is 0 Å². The van der Waals surface area contributed by atoms with Crippen molar-refractivity contribution in [3.8, 4) is 0 Å². The van der Waals surface area contributed by atoms with Crippen LogP contribution in [0.4, 0.5) is 0 Å². The quantitative estimate of drug-likeness (QED) is 0.645. The van der Waals surface area contributed by atoms with Gasteiger partial charge in [-0.15, -0.1) is 0 Å². The number of nitrogens with zero attached hydrogens (tertiary/aromatic N) is 2. The molecule has 0 saturated heterocycles. The molecule has 0 radical (unpaired) electrons. The average Bonchev–Trinajstić information content (AvgIpc) is 2.86. The number of hydrogen-bond donors (Lipinski definition) is 2. The molecule has 0 unspecified atom stereocenters. The van der Waals surface area contributed by atoms with E-state index < -0.39 is 0 Å². The van der Waals surface area contributed by atoms with Crippen molar-refractivity contribution in [2.24, 2.45) is 11.7 Å². The molecule has 0 bridgehead atoms. The minimum absolute atomic E-state index is 0.0945. The Morgan fingerprint density at radius 1 is 1.35 bits per heavy atom. The molecule has 0 atom stereocenters. The van der Waals surface area contributed by atoms with Crippen LogP contribution in [0.5, 0.6) is 0 Å². The summed E-state index contributed by atoms with van der Waals surface area (Å²) in [4.78, 5) is 15.9. The van der Waals surface area contributed by atoms with Gasteiger partial charge in [0.25, 0.3) is 5.91 Å². The topological polar surface area (TPSA) is 72.9 Å². The fourth-order valence-electron chi connectivity index (χ4n) is 2.07. The molecular formula is C15H28N4O. The summed E-state index contributed by atoms with van der Waals surface area (Å²) < 4.78 is 1.83. The Balaban J connectivity index is 2.10. The summed E-state index contributed by atoms with van der Waals surface area (Å²) in [5, 5.41) is 2.91. The number of nitrogens with two attached hydrogens (primary N) is 1. The van der Waals surface area contributed by atoms with Gasteiger partial charge in [0.2, 0.25) is 0 Å². The van der Waals surface area contributed by atoms with E-state index in [2.05, 4.69) is 24.1 Å². The number of nitrogens with one attached hydrogen (secondary N) is 1. The molecule has 5 heteroatoms. The van der Waals surface area contributed by atoms with Gasteiger partial charge < -0.3 is 15.6 Å². The Bertz CT molecular complexity index is 387. The van der Waals surface area contributed by atoms with E-state index in [1.54, 1.807) is 12.5 Å². The first-order chi connectivity index (χ1) is 9.63. The SMILES string of the molecule is CC(C)CCCCCCNC(=O)c1cn(CCN)cn1. The number of aromatic nitrogens is 2. The van der Waals surface area contributed by atoms with E-state index in [4.69, 9.17) is 5.73 Å². The molecule has 20 heavy (non-hydrogen) atoms. The van der Waals surface area contributed by atoms with Gasteiger partial charge in [0.1, 0.15) is 5.69 Å². The number of imidazole rings is 1. The summed E-state index contributed by atoms with van der Waals surface area (Å²) in [7, 11) is 0. The second-order valence-electron chi connectivity index (χ2n) is 5.64. The predicted octanol–water partition coefficient (Wildman–Crippen LogP) is 2.18. The number of hydrogen-bond acceptors (Lipinski definition) is 3. The number of rotatable bonds is 10. The molecule has 1 amide bonds. The van der Waals surface area contributed by atoms with Crippen LogP contribution in [-0.4, -0.2) is 28.5 Å². The highest BCUT2D eigenvalue weighted by atomic mass is 16.1. The zero-order chi connectivity index (χ0) is 14.8. The van der Waals surface area contributed by atoms with Crippen molar-refractivity contribution in [3.05, 3.63) is 18.2 Å². The van der Waals surface area contributed by atoms with Crippen molar-refractivity contribution in [1.82, 2.24) is 14.9 Å². The summed E-state index contributed by atoms with van der Waals surface area (Å²) in [6, 6.07) is 0. The van der Waals surface area contributed by atoms with Gasteiger partial charge in [0, 0.05) is 25.8 Å². The fourth-order valence-corrected chi connectivity index (χ4v) is 2.07. The first-order valence-corrected chi connectivity index (χ1v) is 7.63. The molecule has 0 fully saturated rings. The van der Waals surface area contributed by atoms with E-state index in [9.17, 15) is 4.79 Å². The standard InChI is InChI=1S/C15H28N4O/c1-13(2)7-5-3-4-6-9-17-15(20)14-11-19(10-8-16)12-18-14/h11-13H,3-10,16H2,1-2H3,(H,17,20). The molecule has 114 valence electrons. The molecule has 1 rings (SSSR count). The van der Waals surface area contributed by atoms with Crippen LogP contribution < -0.4 is 11.1 Å². The maximum atomic E-state index is 11.8. The minimum atomic E-state index is -0.0945. The summed E-state index contributed by atoms with van der Waals surface area (Å²) in [6.07, 6.45) is 9.43. The van der Waals surface area contributed by atoms with Crippen LogP contribution in [0.25, 0.3) is 0 Å². The van der Waals surface area contributed by atoms with Crippen molar-refractivity contribution in [3.63, 3.8) is 0 Å². The lowest BCUT2D eigenvalue weighted by molar-refractivity contribution is 0.0948. The molecule has 0 spiro atoms. The van der Waals surface area contributed by atoms with Crippen molar-refractivity contribution < 1.29 is 4.79 Å². The Labute approximate surface area is 122 Å². The van der Waals surface area contributed by atoms with Crippen LogP contribution in [0.3, 0.4) is 0 Å². The molecule has 0 aliphatic rings. The Morgan fingerprint density at radius 3 is 2.80 bits per heavy atom. The van der Waals surface area contributed by atoms with Gasteiger partial charge in [-0.2, -0.15) is 0 Å². The molecule has 1 aromatic heterocycles. The third kappa shape index (κ3) is 6.70. The van der Waals surface area contributed by atoms with E-state index in [1.165, 1.54) is 25.7 Å². The third-order valence-electron chi connectivity index (χ3n) is 3.25. The van der Waals surface area contributed by atoms with Gasteiger partial charge in [0.15, 0.2) is 0 Å². The van der Waals surface area contributed by atoms with Gasteiger partial charge in [-0.3, -0.25) is 4.79 Å². The van der Waals surface area contributed by atoms with Crippen molar-refractivity contribution >= 4 is 5.91 Å². The maximum absolute atomic E-state index is 11.8. The van der Waals surface area contributed by atoms with E-state index in [0.717, 1.165) is 18.9 Å². The lowest BCUT2D eigenvalue weighted by Crippen LogP contribution is -2.24. The number of amides is 1. The monoisotopic (exact) mass is 280 g/mol.